The largest absolute Gasteiger partial charge is 0.481 e. The van der Waals surface area contributed by atoms with Crippen molar-refractivity contribution >= 4 is 11.7 Å². The van der Waals surface area contributed by atoms with E-state index in [1.807, 2.05) is 11.0 Å². The molecule has 1 aliphatic carbocycles. The van der Waals surface area contributed by atoms with Crippen molar-refractivity contribution in [1.82, 2.24) is 9.80 Å². The van der Waals surface area contributed by atoms with Crippen molar-refractivity contribution < 1.29 is 41.0 Å². The van der Waals surface area contributed by atoms with E-state index in [4.69, 9.17) is 4.74 Å². The van der Waals surface area contributed by atoms with Gasteiger partial charge in [0.05, 0.1) is 47.4 Å². The molecule has 2 unspecified atom stereocenters. The minimum atomic E-state index is -4.86. The second kappa shape index (κ2) is 11.3. The highest BCUT2D eigenvalue weighted by molar-refractivity contribution is 5.80. The highest BCUT2D eigenvalue weighted by atomic mass is 19.4. The SMILES string of the molecule is Cc1c(CN2C3=C(C(C(=O)O)C(C)(C)C(N4CCOCC4)=C3)N(c3ccc(C#N)c(C(F)(F)F)c3)C2C)cccc1C(F)(F)F. The third-order valence-electron chi connectivity index (χ3n) is 8.98. The molecule has 3 aliphatic rings. The van der Waals surface area contributed by atoms with Crippen molar-refractivity contribution in [3.05, 3.63) is 87.4 Å². The van der Waals surface area contributed by atoms with Crippen molar-refractivity contribution in [3.63, 3.8) is 0 Å². The zero-order chi connectivity index (χ0) is 33.1. The number of nitriles is 1. The van der Waals surface area contributed by atoms with Crippen LogP contribution in [0.5, 0.6) is 0 Å². The van der Waals surface area contributed by atoms with Gasteiger partial charge in [0, 0.05) is 36.4 Å². The van der Waals surface area contributed by atoms with E-state index in [-0.39, 0.29) is 23.5 Å². The van der Waals surface area contributed by atoms with E-state index in [1.54, 1.807) is 37.8 Å². The summed E-state index contributed by atoms with van der Waals surface area (Å²) in [6.07, 6.45) is -8.46. The average Bonchev–Trinajstić information content (AvgIpc) is 3.21. The lowest BCUT2D eigenvalue weighted by molar-refractivity contribution is -0.144. The summed E-state index contributed by atoms with van der Waals surface area (Å²) in [5.74, 6) is -2.44. The summed E-state index contributed by atoms with van der Waals surface area (Å²) in [5, 5.41) is 20.1. The van der Waals surface area contributed by atoms with Crippen LogP contribution < -0.4 is 4.90 Å². The lowest BCUT2D eigenvalue weighted by Gasteiger charge is -2.45. The number of hydrogen-bond acceptors (Lipinski definition) is 6. The number of carboxylic acid groups (broad SMARTS) is 1. The van der Waals surface area contributed by atoms with E-state index in [1.165, 1.54) is 24.0 Å². The number of morpholine rings is 1. The standard InChI is InChI=1S/C32H32F6N4O3/c1-18-21(6-5-7-23(18)31(33,34)35)17-41-19(2)42(22-9-8-20(16-39)24(14-22)32(36,37)38)28-25(41)15-26(40-10-12-45-13-11-40)30(3,4)27(28)29(43)44/h5-9,14-15,19,27H,10-13,17H2,1-4H3,(H,43,44). The fourth-order valence-corrected chi connectivity index (χ4v) is 6.72. The van der Waals surface area contributed by atoms with Gasteiger partial charge in [-0.25, -0.2) is 0 Å². The van der Waals surface area contributed by atoms with Crippen molar-refractivity contribution in [3.8, 4) is 6.07 Å². The molecule has 5 rings (SSSR count). The fraction of sp³-hybridized carbons (Fsp3) is 0.438. The molecule has 45 heavy (non-hydrogen) atoms. The Labute approximate surface area is 256 Å². The number of carbonyl (C=O) groups is 1. The van der Waals surface area contributed by atoms with E-state index in [0.717, 1.165) is 18.2 Å². The topological polar surface area (TPSA) is 80.0 Å². The zero-order valence-electron chi connectivity index (χ0n) is 25.1. The number of aliphatic carboxylic acids is 1. The van der Waals surface area contributed by atoms with Crippen LogP contribution in [0.15, 0.2) is 59.6 Å². The molecule has 2 heterocycles. The lowest BCUT2D eigenvalue weighted by Crippen LogP contribution is -2.48. The maximum absolute atomic E-state index is 14.1. The number of ether oxygens (including phenoxy) is 1. The Morgan fingerprint density at radius 2 is 1.71 bits per heavy atom. The predicted octanol–water partition coefficient (Wildman–Crippen LogP) is 6.74. The number of rotatable bonds is 5. The van der Waals surface area contributed by atoms with E-state index >= 15 is 0 Å². The van der Waals surface area contributed by atoms with Crippen LogP contribution in [0.3, 0.4) is 0 Å². The van der Waals surface area contributed by atoms with Crippen LogP contribution in [0.2, 0.25) is 0 Å². The maximum atomic E-state index is 14.1. The molecule has 1 saturated heterocycles. The second-order valence-corrected chi connectivity index (χ2v) is 11.9. The Hall–Kier alpha value is -4.18. The summed E-state index contributed by atoms with van der Waals surface area (Å²) in [5.41, 5.74) is -1.96. The molecule has 240 valence electrons. The summed E-state index contributed by atoms with van der Waals surface area (Å²) < 4.78 is 89.1. The number of hydrogen-bond donors (Lipinski definition) is 1. The van der Waals surface area contributed by atoms with Crippen LogP contribution in [0.4, 0.5) is 32.0 Å². The van der Waals surface area contributed by atoms with Crippen LogP contribution in [0, 0.1) is 29.6 Å². The summed E-state index contributed by atoms with van der Waals surface area (Å²) in [6.45, 7) is 8.28. The Balaban J connectivity index is 1.74. The van der Waals surface area contributed by atoms with E-state index < -0.39 is 52.5 Å². The molecular weight excluding hydrogens is 602 g/mol. The number of alkyl halides is 6. The summed E-state index contributed by atoms with van der Waals surface area (Å²) in [4.78, 5) is 18.4. The molecular formula is C32H32F6N4O3. The zero-order valence-corrected chi connectivity index (χ0v) is 25.1. The molecule has 2 aliphatic heterocycles. The Morgan fingerprint density at radius 3 is 2.29 bits per heavy atom. The third kappa shape index (κ3) is 5.60. The molecule has 0 amide bonds. The van der Waals surface area contributed by atoms with Crippen molar-refractivity contribution in [2.75, 3.05) is 31.2 Å². The normalized spacial score (nSPS) is 21.9. The number of allylic oxidation sites excluding steroid dienone is 2. The van der Waals surface area contributed by atoms with E-state index in [0.29, 0.717) is 43.3 Å². The quantitative estimate of drug-likeness (QED) is 0.365. The van der Waals surface area contributed by atoms with Gasteiger partial charge in [0.2, 0.25) is 0 Å². The van der Waals surface area contributed by atoms with Crippen LogP contribution in [0.1, 0.15) is 48.6 Å². The molecule has 0 spiro atoms. The van der Waals surface area contributed by atoms with Gasteiger partial charge in [0.15, 0.2) is 0 Å². The summed E-state index contributed by atoms with van der Waals surface area (Å²) in [7, 11) is 0. The first-order valence-corrected chi connectivity index (χ1v) is 14.3. The Morgan fingerprint density at radius 1 is 1.07 bits per heavy atom. The number of halogens is 6. The van der Waals surface area contributed by atoms with Gasteiger partial charge < -0.3 is 24.5 Å². The van der Waals surface area contributed by atoms with Crippen LogP contribution >= 0.6 is 0 Å². The molecule has 2 atom stereocenters. The van der Waals surface area contributed by atoms with Gasteiger partial charge >= 0.3 is 18.3 Å². The molecule has 1 fully saturated rings. The maximum Gasteiger partial charge on any atom is 0.417 e. The fourth-order valence-electron chi connectivity index (χ4n) is 6.72. The number of benzene rings is 2. The monoisotopic (exact) mass is 634 g/mol. The van der Waals surface area contributed by atoms with Gasteiger partial charge in [0.1, 0.15) is 12.1 Å². The molecule has 0 aromatic heterocycles. The second-order valence-electron chi connectivity index (χ2n) is 11.9. The van der Waals surface area contributed by atoms with Crippen LogP contribution in [0.25, 0.3) is 0 Å². The molecule has 1 N–H and O–H groups in total. The van der Waals surface area contributed by atoms with Gasteiger partial charge in [-0.05, 0) is 55.3 Å². The number of carboxylic acids is 1. The Bertz CT molecular complexity index is 1620. The molecule has 0 bridgehead atoms. The van der Waals surface area contributed by atoms with Crippen LogP contribution in [-0.4, -0.2) is 53.3 Å². The number of nitrogens with zero attached hydrogens (tertiary/aromatic N) is 4. The first-order chi connectivity index (χ1) is 21.0. The molecule has 2 aromatic rings. The third-order valence-corrected chi connectivity index (χ3v) is 8.98. The van der Waals surface area contributed by atoms with Gasteiger partial charge in [-0.2, -0.15) is 31.6 Å². The summed E-state index contributed by atoms with van der Waals surface area (Å²) in [6, 6.07) is 8.61. The molecule has 13 heteroatoms. The highest BCUT2D eigenvalue weighted by Gasteiger charge is 2.53. The van der Waals surface area contributed by atoms with E-state index in [9.17, 15) is 41.5 Å². The predicted molar refractivity (Wildman–Crippen MR) is 152 cm³/mol. The van der Waals surface area contributed by atoms with Gasteiger partial charge in [0.25, 0.3) is 0 Å². The lowest BCUT2D eigenvalue weighted by atomic mass is 9.70. The van der Waals surface area contributed by atoms with Gasteiger partial charge in [-0.15, -0.1) is 0 Å². The van der Waals surface area contributed by atoms with Gasteiger partial charge in [-0.3, -0.25) is 4.79 Å². The van der Waals surface area contributed by atoms with Gasteiger partial charge in [-0.1, -0.05) is 26.0 Å². The molecule has 7 nitrogen and oxygen atoms in total. The van der Waals surface area contributed by atoms with Crippen molar-refractivity contribution in [2.24, 2.45) is 11.3 Å². The van der Waals surface area contributed by atoms with Crippen LogP contribution in [-0.2, 0) is 28.4 Å². The molecule has 0 saturated carbocycles. The average molecular weight is 635 g/mol. The summed E-state index contributed by atoms with van der Waals surface area (Å²) >= 11 is 0. The van der Waals surface area contributed by atoms with Crippen molar-refractivity contribution in [1.29, 1.82) is 5.26 Å². The minimum absolute atomic E-state index is 0.00108. The smallest absolute Gasteiger partial charge is 0.417 e. The Kier molecular flexibility index (Phi) is 8.10. The highest BCUT2D eigenvalue weighted by Crippen LogP contribution is 2.53. The van der Waals surface area contributed by atoms with Crippen molar-refractivity contribution in [2.45, 2.75) is 52.8 Å². The molecule has 2 aromatic carbocycles. The first-order valence-electron chi connectivity index (χ1n) is 14.3. The minimum Gasteiger partial charge on any atom is -0.481 e. The number of anilines is 1. The first kappa shape index (κ1) is 32.2. The molecule has 0 radical (unpaired) electrons. The van der Waals surface area contributed by atoms with E-state index in [2.05, 4.69) is 0 Å².